The Labute approximate surface area is 196 Å². The first-order valence-electron chi connectivity index (χ1n) is 11.0. The van der Waals surface area contributed by atoms with Gasteiger partial charge in [0, 0.05) is 25.0 Å². The molecule has 9 heteroatoms. The number of carbonyl (C=O) groups excluding carboxylic acids is 1. The molecule has 172 valence electrons. The van der Waals surface area contributed by atoms with Gasteiger partial charge >= 0.3 is 0 Å². The minimum Gasteiger partial charge on any atom is -0.427 e. The summed E-state index contributed by atoms with van der Waals surface area (Å²) in [5, 5.41) is 20.8. The Morgan fingerprint density at radius 1 is 1.28 bits per heavy atom. The van der Waals surface area contributed by atoms with E-state index in [-0.39, 0.29) is 6.04 Å². The van der Waals surface area contributed by atoms with Gasteiger partial charge in [-0.1, -0.05) is 13.8 Å². The summed E-state index contributed by atoms with van der Waals surface area (Å²) in [4.78, 5) is 19.8. The molecule has 5 unspecified atom stereocenters. The molecule has 0 amide bonds. The van der Waals surface area contributed by atoms with Crippen molar-refractivity contribution in [1.82, 2.24) is 9.97 Å². The van der Waals surface area contributed by atoms with Crippen molar-refractivity contribution < 1.29 is 14.6 Å². The molecule has 2 saturated carbocycles. The predicted molar refractivity (Wildman–Crippen MR) is 128 cm³/mol. The number of benzene rings is 1. The van der Waals surface area contributed by atoms with E-state index in [4.69, 9.17) is 9.72 Å². The van der Waals surface area contributed by atoms with Crippen LogP contribution in [-0.4, -0.2) is 40.2 Å². The molecule has 2 bridgehead atoms. The maximum absolute atomic E-state index is 11.0. The Balaban J connectivity index is 1.53. The lowest BCUT2D eigenvalue weighted by Crippen LogP contribution is -2.53. The highest BCUT2D eigenvalue weighted by atomic mass is 79.9. The lowest BCUT2D eigenvalue weighted by molar-refractivity contribution is -0.120. The molecule has 2 fully saturated rings. The topological polar surface area (TPSA) is 108 Å². The van der Waals surface area contributed by atoms with Crippen molar-refractivity contribution in [3.63, 3.8) is 0 Å². The van der Waals surface area contributed by atoms with Gasteiger partial charge in [-0.05, 0) is 77.6 Å². The number of nitrogens with one attached hydrogen (secondary N) is 3. The van der Waals surface area contributed by atoms with Gasteiger partial charge in [-0.25, -0.2) is 4.98 Å². The zero-order valence-corrected chi connectivity index (χ0v) is 20.1. The first-order valence-corrected chi connectivity index (χ1v) is 11.8. The van der Waals surface area contributed by atoms with E-state index in [0.29, 0.717) is 41.6 Å². The van der Waals surface area contributed by atoms with Gasteiger partial charge in [0.15, 0.2) is 5.75 Å². The molecule has 0 saturated heterocycles. The predicted octanol–water partition coefficient (Wildman–Crippen LogP) is 4.55. The Hall–Kier alpha value is -2.39. The molecule has 0 radical (unpaired) electrons. The second kappa shape index (κ2) is 9.23. The number of hydrogen-bond acceptors (Lipinski definition) is 8. The van der Waals surface area contributed by atoms with Gasteiger partial charge < -0.3 is 25.8 Å². The molecular formula is C23H30BrN5O3. The van der Waals surface area contributed by atoms with E-state index in [1.54, 1.807) is 25.4 Å². The largest absolute Gasteiger partial charge is 0.427 e. The van der Waals surface area contributed by atoms with Gasteiger partial charge in [-0.15, -0.1) is 0 Å². The Morgan fingerprint density at radius 2 is 2.09 bits per heavy atom. The lowest BCUT2D eigenvalue weighted by atomic mass is 9.60. The average Bonchev–Trinajstić information content (AvgIpc) is 2.73. The van der Waals surface area contributed by atoms with E-state index in [1.807, 2.05) is 6.07 Å². The Morgan fingerprint density at radius 3 is 2.84 bits per heavy atom. The highest BCUT2D eigenvalue weighted by molar-refractivity contribution is 9.10. The van der Waals surface area contributed by atoms with Crippen molar-refractivity contribution in [2.24, 2.45) is 17.8 Å². The van der Waals surface area contributed by atoms with Crippen molar-refractivity contribution >= 4 is 45.5 Å². The van der Waals surface area contributed by atoms with Crippen LogP contribution in [-0.2, 0) is 4.79 Å². The summed E-state index contributed by atoms with van der Waals surface area (Å²) in [5.41, 5.74) is 0.908. The van der Waals surface area contributed by atoms with E-state index in [0.717, 1.165) is 41.7 Å². The SMILES string of the molecule is CNc1cc(Nc2ncc(Br)c(NC3C(C)CC4(O)CC(C)CC3C4)n2)ccc1OC=O. The van der Waals surface area contributed by atoms with Gasteiger partial charge in [0.05, 0.1) is 15.8 Å². The fourth-order valence-corrected chi connectivity index (χ4v) is 5.87. The molecule has 2 aromatic rings. The number of aromatic nitrogens is 2. The molecule has 2 aliphatic carbocycles. The number of aliphatic hydroxyl groups is 1. The quantitative estimate of drug-likeness (QED) is 0.407. The van der Waals surface area contributed by atoms with Gasteiger partial charge in [-0.3, -0.25) is 4.79 Å². The molecule has 4 rings (SSSR count). The standard InChI is InChI=1S/C23H30BrN5O3/c1-13-6-15-10-23(31,8-13)9-14(2)20(15)28-21-17(24)11-26-22(29-21)27-16-4-5-19(32-12-30)18(7-16)25-3/h4-5,7,11-15,20,25,31H,6,8-10H2,1-3H3,(H2,26,27,28,29). The van der Waals surface area contributed by atoms with Crippen molar-refractivity contribution in [3.8, 4) is 5.75 Å². The highest BCUT2D eigenvalue weighted by Crippen LogP contribution is 2.48. The van der Waals surface area contributed by atoms with Crippen LogP contribution in [0.15, 0.2) is 28.9 Å². The number of ether oxygens (including phenoxy) is 1. The maximum atomic E-state index is 11.0. The molecule has 0 aliphatic heterocycles. The molecule has 1 aromatic carbocycles. The number of carbonyl (C=O) groups is 1. The lowest BCUT2D eigenvalue weighted by Gasteiger charge is -2.51. The summed E-state index contributed by atoms with van der Waals surface area (Å²) in [6.07, 6.45) is 5.39. The summed E-state index contributed by atoms with van der Waals surface area (Å²) < 4.78 is 5.77. The minimum atomic E-state index is -0.527. The third kappa shape index (κ3) is 4.83. The van der Waals surface area contributed by atoms with Crippen molar-refractivity contribution in [1.29, 1.82) is 0 Å². The third-order valence-corrected chi connectivity index (χ3v) is 7.21. The van der Waals surface area contributed by atoms with Crippen molar-refractivity contribution in [2.75, 3.05) is 23.0 Å². The summed E-state index contributed by atoms with van der Waals surface area (Å²) in [7, 11) is 1.76. The monoisotopic (exact) mass is 503 g/mol. The third-order valence-electron chi connectivity index (χ3n) is 6.63. The number of hydrogen-bond donors (Lipinski definition) is 4. The van der Waals surface area contributed by atoms with Gasteiger partial charge in [0.1, 0.15) is 5.82 Å². The Kier molecular flexibility index (Phi) is 6.57. The maximum Gasteiger partial charge on any atom is 0.298 e. The van der Waals surface area contributed by atoms with E-state index in [9.17, 15) is 9.90 Å². The van der Waals surface area contributed by atoms with E-state index in [1.165, 1.54) is 0 Å². The number of fused-ring (bicyclic) bond motifs is 2. The van der Waals surface area contributed by atoms with Crippen LogP contribution in [0.3, 0.4) is 0 Å². The summed E-state index contributed by atoms with van der Waals surface area (Å²) in [5.74, 6) is 2.91. The molecule has 1 aromatic heterocycles. The van der Waals surface area contributed by atoms with Crippen LogP contribution in [0.5, 0.6) is 5.75 Å². The van der Waals surface area contributed by atoms with Crippen LogP contribution in [0.1, 0.15) is 39.5 Å². The zero-order chi connectivity index (χ0) is 22.9. The molecule has 2 aliphatic rings. The van der Waals surface area contributed by atoms with Gasteiger partial charge in [0.25, 0.3) is 6.47 Å². The number of rotatable bonds is 7. The fourth-order valence-electron chi connectivity index (χ4n) is 5.57. The van der Waals surface area contributed by atoms with Crippen LogP contribution < -0.4 is 20.7 Å². The molecule has 8 nitrogen and oxygen atoms in total. The second-order valence-corrected chi connectivity index (χ2v) is 10.1. The number of nitrogens with zero attached hydrogens (tertiary/aromatic N) is 2. The van der Waals surface area contributed by atoms with Crippen LogP contribution >= 0.6 is 15.9 Å². The first kappa shape index (κ1) is 22.8. The molecule has 4 N–H and O–H groups in total. The van der Waals surface area contributed by atoms with Gasteiger partial charge in [0.2, 0.25) is 5.95 Å². The Bertz CT molecular complexity index is 986. The fraction of sp³-hybridized carbons (Fsp3) is 0.522. The van der Waals surface area contributed by atoms with E-state index < -0.39 is 5.60 Å². The van der Waals surface area contributed by atoms with Crippen LogP contribution in [0.2, 0.25) is 0 Å². The summed E-state index contributed by atoms with van der Waals surface area (Å²) in [6, 6.07) is 5.57. The number of anilines is 4. The molecule has 5 atom stereocenters. The second-order valence-electron chi connectivity index (χ2n) is 9.28. The molecular weight excluding hydrogens is 474 g/mol. The van der Waals surface area contributed by atoms with Gasteiger partial charge in [-0.2, -0.15) is 4.98 Å². The zero-order valence-electron chi connectivity index (χ0n) is 18.6. The van der Waals surface area contributed by atoms with E-state index in [2.05, 4.69) is 50.7 Å². The first-order chi connectivity index (χ1) is 15.3. The normalized spacial score (nSPS) is 29.2. The average molecular weight is 504 g/mol. The number of halogens is 1. The minimum absolute atomic E-state index is 0.243. The van der Waals surface area contributed by atoms with Crippen LogP contribution in [0.25, 0.3) is 0 Å². The van der Waals surface area contributed by atoms with Crippen molar-refractivity contribution in [2.45, 2.75) is 51.2 Å². The molecule has 1 heterocycles. The summed E-state index contributed by atoms with van der Waals surface area (Å²) >= 11 is 3.58. The van der Waals surface area contributed by atoms with E-state index >= 15 is 0 Å². The smallest absolute Gasteiger partial charge is 0.298 e. The highest BCUT2D eigenvalue weighted by Gasteiger charge is 2.47. The molecule has 32 heavy (non-hydrogen) atoms. The van der Waals surface area contributed by atoms with Crippen LogP contribution in [0.4, 0.5) is 23.1 Å². The van der Waals surface area contributed by atoms with Crippen molar-refractivity contribution in [3.05, 3.63) is 28.9 Å². The van der Waals surface area contributed by atoms with Crippen LogP contribution in [0, 0.1) is 17.8 Å². The summed E-state index contributed by atoms with van der Waals surface area (Å²) in [6.45, 7) is 4.85. The molecule has 0 spiro atoms.